The van der Waals surface area contributed by atoms with Crippen LogP contribution >= 0.6 is 0 Å². The standard InChI is InChI=1S/C22H21F3N4O3.CH2O2/c23-22(24,25)13-7-8-17(18(30)10-13)20-15-5-1-2-6-16(15)21(28-27-20)26-14-4-3-9-29(11-14)12-19(31)32;2-1-3/h1-2,5-8,10,14,30H,3-4,9,11-12H2,(H,26,28)(H,31,32);1H,(H,2,3)/t14-;/m1./s1. The Bertz CT molecular complexity index is 1210. The average Bonchev–Trinajstić information content (AvgIpc) is 2.79. The highest BCUT2D eigenvalue weighted by atomic mass is 19.4. The summed E-state index contributed by atoms with van der Waals surface area (Å²) in [5.41, 5.74) is -0.524. The van der Waals surface area contributed by atoms with Crippen LogP contribution in [0.3, 0.4) is 0 Å². The van der Waals surface area contributed by atoms with Crippen molar-refractivity contribution in [2.45, 2.75) is 25.1 Å². The molecule has 0 saturated carbocycles. The molecule has 0 bridgehead atoms. The van der Waals surface area contributed by atoms with E-state index in [0.29, 0.717) is 35.7 Å². The van der Waals surface area contributed by atoms with E-state index in [0.717, 1.165) is 18.9 Å². The largest absolute Gasteiger partial charge is 0.507 e. The lowest BCUT2D eigenvalue weighted by Crippen LogP contribution is -2.44. The number of halogens is 3. The fourth-order valence-corrected chi connectivity index (χ4v) is 4.02. The minimum Gasteiger partial charge on any atom is -0.507 e. The molecular formula is C23H23F3N4O5. The number of rotatable bonds is 5. The van der Waals surface area contributed by atoms with Gasteiger partial charge in [0.25, 0.3) is 6.47 Å². The zero-order chi connectivity index (χ0) is 25.6. The van der Waals surface area contributed by atoms with Crippen LogP contribution in [0.15, 0.2) is 42.5 Å². The molecule has 1 atom stereocenters. The summed E-state index contributed by atoms with van der Waals surface area (Å²) >= 11 is 0. The Balaban J connectivity index is 0.00000108. The number of likely N-dealkylation sites (tertiary alicyclic amines) is 1. The van der Waals surface area contributed by atoms with Crippen molar-refractivity contribution in [3.05, 3.63) is 48.0 Å². The fraction of sp³-hybridized carbons (Fsp3) is 0.304. The van der Waals surface area contributed by atoms with Gasteiger partial charge in [-0.2, -0.15) is 13.2 Å². The fourth-order valence-electron chi connectivity index (χ4n) is 4.02. The number of carbonyl (C=O) groups is 2. The molecule has 0 radical (unpaired) electrons. The molecule has 1 aliphatic rings. The minimum absolute atomic E-state index is 0.0221. The monoisotopic (exact) mass is 492 g/mol. The molecule has 9 nitrogen and oxygen atoms in total. The van der Waals surface area contributed by atoms with Crippen LogP contribution in [0.25, 0.3) is 22.0 Å². The van der Waals surface area contributed by atoms with Gasteiger partial charge < -0.3 is 20.6 Å². The molecular weight excluding hydrogens is 469 g/mol. The number of hydrogen-bond acceptors (Lipinski definition) is 7. The predicted octanol–water partition coefficient (Wildman–Crippen LogP) is 3.68. The van der Waals surface area contributed by atoms with Crippen LogP contribution in [0.5, 0.6) is 5.75 Å². The Hall–Kier alpha value is -3.93. The molecule has 0 aliphatic carbocycles. The minimum atomic E-state index is -4.56. The second kappa shape index (κ2) is 11.0. The van der Waals surface area contributed by atoms with Crippen LogP contribution in [0.1, 0.15) is 18.4 Å². The quantitative estimate of drug-likeness (QED) is 0.393. The van der Waals surface area contributed by atoms with E-state index >= 15 is 0 Å². The predicted molar refractivity (Wildman–Crippen MR) is 121 cm³/mol. The lowest BCUT2D eigenvalue weighted by Gasteiger charge is -2.32. The maximum absolute atomic E-state index is 12.9. The number of hydrogen-bond donors (Lipinski definition) is 4. The molecule has 4 rings (SSSR count). The van der Waals surface area contributed by atoms with Gasteiger partial charge in [-0.25, -0.2) is 0 Å². The topological polar surface area (TPSA) is 136 Å². The van der Waals surface area contributed by atoms with Crippen LogP contribution in [0.2, 0.25) is 0 Å². The number of alkyl halides is 3. The summed E-state index contributed by atoms with van der Waals surface area (Å²) in [7, 11) is 0. The smallest absolute Gasteiger partial charge is 0.416 e. The van der Waals surface area contributed by atoms with Crippen molar-refractivity contribution in [1.29, 1.82) is 0 Å². The summed E-state index contributed by atoms with van der Waals surface area (Å²) < 4.78 is 38.8. The maximum Gasteiger partial charge on any atom is 0.416 e. The number of nitrogens with one attached hydrogen (secondary N) is 1. The Morgan fingerprint density at radius 3 is 2.49 bits per heavy atom. The SMILES string of the molecule is O=C(O)CN1CCC[C@@H](Nc2nnc(-c3ccc(C(F)(F)F)cc3O)c3ccccc23)C1.O=CO. The molecule has 4 N–H and O–H groups in total. The number of carboxylic acid groups (broad SMARTS) is 2. The van der Waals surface area contributed by atoms with E-state index < -0.39 is 23.5 Å². The summed E-state index contributed by atoms with van der Waals surface area (Å²) in [4.78, 5) is 21.2. The molecule has 0 spiro atoms. The Morgan fingerprint density at radius 1 is 1.17 bits per heavy atom. The lowest BCUT2D eigenvalue weighted by atomic mass is 10.0. The highest BCUT2D eigenvalue weighted by Gasteiger charge is 2.31. The molecule has 1 aliphatic heterocycles. The van der Waals surface area contributed by atoms with E-state index in [1.54, 1.807) is 12.1 Å². The summed E-state index contributed by atoms with van der Waals surface area (Å²) in [5.74, 6) is -0.911. The Morgan fingerprint density at radius 2 is 1.86 bits per heavy atom. The number of aliphatic carboxylic acids is 1. The van der Waals surface area contributed by atoms with Gasteiger partial charge in [0.15, 0.2) is 5.82 Å². The first kappa shape index (κ1) is 25.7. The average molecular weight is 492 g/mol. The summed E-state index contributed by atoms with van der Waals surface area (Å²) in [6.07, 6.45) is -2.88. The van der Waals surface area contributed by atoms with Gasteiger partial charge in [-0.3, -0.25) is 14.5 Å². The first-order valence-corrected chi connectivity index (χ1v) is 10.6. The molecule has 3 aromatic rings. The van der Waals surface area contributed by atoms with Gasteiger partial charge in [-0.05, 0) is 37.6 Å². The number of aromatic nitrogens is 2. The van der Waals surface area contributed by atoms with E-state index in [9.17, 15) is 23.1 Å². The van der Waals surface area contributed by atoms with Gasteiger partial charge in [0, 0.05) is 28.9 Å². The van der Waals surface area contributed by atoms with Crippen LogP contribution in [-0.4, -0.2) is 68.5 Å². The van der Waals surface area contributed by atoms with Crippen LogP contribution in [-0.2, 0) is 15.8 Å². The van der Waals surface area contributed by atoms with Crippen molar-refractivity contribution in [3.8, 4) is 17.0 Å². The van der Waals surface area contributed by atoms with E-state index in [4.69, 9.17) is 15.0 Å². The van der Waals surface area contributed by atoms with Gasteiger partial charge in [0.1, 0.15) is 11.4 Å². The number of fused-ring (bicyclic) bond motifs is 1. The summed E-state index contributed by atoms with van der Waals surface area (Å²) in [6.45, 7) is 0.976. The number of nitrogens with zero attached hydrogens (tertiary/aromatic N) is 3. The zero-order valence-corrected chi connectivity index (χ0v) is 18.4. The van der Waals surface area contributed by atoms with Crippen molar-refractivity contribution in [2.75, 3.05) is 25.0 Å². The Kier molecular flexibility index (Phi) is 8.07. The van der Waals surface area contributed by atoms with Crippen LogP contribution in [0, 0.1) is 0 Å². The number of aromatic hydroxyl groups is 1. The van der Waals surface area contributed by atoms with Gasteiger partial charge in [0.05, 0.1) is 12.1 Å². The molecule has 0 unspecified atom stereocenters. The highest BCUT2D eigenvalue weighted by Crippen LogP contribution is 2.38. The molecule has 186 valence electrons. The molecule has 2 heterocycles. The number of phenols is 1. The molecule has 1 aromatic heterocycles. The molecule has 0 amide bonds. The van der Waals surface area contributed by atoms with Crippen molar-refractivity contribution in [1.82, 2.24) is 15.1 Å². The van der Waals surface area contributed by atoms with Crippen molar-refractivity contribution in [3.63, 3.8) is 0 Å². The van der Waals surface area contributed by atoms with E-state index in [1.165, 1.54) is 6.07 Å². The van der Waals surface area contributed by atoms with Crippen LogP contribution in [0.4, 0.5) is 19.0 Å². The third kappa shape index (κ3) is 6.35. The first-order valence-electron chi connectivity index (χ1n) is 10.6. The molecule has 12 heteroatoms. The highest BCUT2D eigenvalue weighted by molar-refractivity contribution is 6.00. The van der Waals surface area contributed by atoms with Gasteiger partial charge in [-0.15, -0.1) is 10.2 Å². The molecule has 2 aromatic carbocycles. The maximum atomic E-state index is 12.9. The molecule has 1 saturated heterocycles. The van der Waals surface area contributed by atoms with Crippen molar-refractivity contribution in [2.24, 2.45) is 0 Å². The molecule has 1 fully saturated rings. The van der Waals surface area contributed by atoms with Gasteiger partial charge >= 0.3 is 12.1 Å². The third-order valence-corrected chi connectivity index (χ3v) is 5.47. The van der Waals surface area contributed by atoms with Gasteiger partial charge in [-0.1, -0.05) is 24.3 Å². The third-order valence-electron chi connectivity index (χ3n) is 5.47. The van der Waals surface area contributed by atoms with E-state index in [-0.39, 0.29) is 30.3 Å². The van der Waals surface area contributed by atoms with Crippen molar-refractivity contribution < 1.29 is 38.1 Å². The summed E-state index contributed by atoms with van der Waals surface area (Å²) in [5, 5.41) is 39.3. The number of carboxylic acids is 1. The lowest BCUT2D eigenvalue weighted by molar-refractivity contribution is -0.139. The van der Waals surface area contributed by atoms with Gasteiger partial charge in [0.2, 0.25) is 0 Å². The number of benzene rings is 2. The van der Waals surface area contributed by atoms with E-state index in [1.807, 2.05) is 17.0 Å². The summed E-state index contributed by atoms with van der Waals surface area (Å²) in [6, 6.07) is 9.90. The second-order valence-corrected chi connectivity index (χ2v) is 7.89. The number of phenolic OH excluding ortho intramolecular Hbond substituents is 1. The molecule has 35 heavy (non-hydrogen) atoms. The zero-order valence-electron chi connectivity index (χ0n) is 18.4. The first-order chi connectivity index (χ1) is 16.6. The number of piperidine rings is 1. The van der Waals surface area contributed by atoms with Crippen LogP contribution < -0.4 is 5.32 Å². The van der Waals surface area contributed by atoms with Crippen molar-refractivity contribution >= 4 is 29.0 Å². The normalized spacial score (nSPS) is 16.3. The number of anilines is 1. The second-order valence-electron chi connectivity index (χ2n) is 7.89. The van der Waals surface area contributed by atoms with E-state index in [2.05, 4.69) is 15.5 Å². The Labute approximate surface area is 197 Å².